The third-order valence-corrected chi connectivity index (χ3v) is 1.97. The lowest BCUT2D eigenvalue weighted by Crippen LogP contribution is -2.42. The van der Waals surface area contributed by atoms with Crippen LogP contribution in [0, 0.1) is 0 Å². The molecule has 14 heavy (non-hydrogen) atoms. The molecule has 74 valence electrons. The zero-order valence-electron chi connectivity index (χ0n) is 7.70. The van der Waals surface area contributed by atoms with Crippen LogP contribution in [-0.4, -0.2) is 19.5 Å². The van der Waals surface area contributed by atoms with E-state index in [0.717, 1.165) is 11.4 Å². The maximum absolute atomic E-state index is 10.9. The maximum atomic E-state index is 10.9. The highest BCUT2D eigenvalue weighted by molar-refractivity contribution is 5.76. The average molecular weight is 193 g/mol. The van der Waals surface area contributed by atoms with Gasteiger partial charge in [0.15, 0.2) is 6.29 Å². The van der Waals surface area contributed by atoms with E-state index in [9.17, 15) is 4.79 Å². The number of alkyl carbamates (subject to hydrolysis) is 1. The molecule has 0 atom stereocenters. The van der Waals surface area contributed by atoms with Gasteiger partial charge in [0.05, 0.1) is 18.5 Å². The first-order valence-corrected chi connectivity index (χ1v) is 4.26. The van der Waals surface area contributed by atoms with Gasteiger partial charge in [-0.15, -0.1) is 0 Å². The lowest BCUT2D eigenvalue weighted by molar-refractivity contribution is 0.169. The van der Waals surface area contributed by atoms with Crippen LogP contribution in [0.3, 0.4) is 0 Å². The Kier molecular flexibility index (Phi) is 2.14. The number of hydrogen-bond donors (Lipinski definition) is 3. The standard InChI is InChI=1S/C9H11N3O2/c1-14-9(13)12-8-10-6-4-2-3-5-7(6)11-8/h2-5,8,10-11H,1H3,(H,12,13). The van der Waals surface area contributed by atoms with Crippen LogP contribution < -0.4 is 16.0 Å². The van der Waals surface area contributed by atoms with Crippen molar-refractivity contribution in [3.8, 4) is 0 Å². The number of carbonyl (C=O) groups is 1. The molecule has 0 radical (unpaired) electrons. The molecule has 3 N–H and O–H groups in total. The van der Waals surface area contributed by atoms with Crippen molar-refractivity contribution in [3.05, 3.63) is 24.3 Å². The molecule has 5 nitrogen and oxygen atoms in total. The van der Waals surface area contributed by atoms with E-state index in [0.29, 0.717) is 0 Å². The minimum atomic E-state index is -0.470. The minimum absolute atomic E-state index is 0.306. The highest BCUT2D eigenvalue weighted by Gasteiger charge is 2.19. The van der Waals surface area contributed by atoms with Gasteiger partial charge in [0.1, 0.15) is 0 Å². The van der Waals surface area contributed by atoms with Crippen molar-refractivity contribution in [1.82, 2.24) is 5.32 Å². The van der Waals surface area contributed by atoms with E-state index in [1.807, 2.05) is 24.3 Å². The van der Waals surface area contributed by atoms with E-state index >= 15 is 0 Å². The van der Waals surface area contributed by atoms with Gasteiger partial charge in [0.25, 0.3) is 0 Å². The molecular formula is C9H11N3O2. The van der Waals surface area contributed by atoms with Crippen molar-refractivity contribution in [2.75, 3.05) is 17.7 Å². The van der Waals surface area contributed by atoms with Gasteiger partial charge in [0, 0.05) is 0 Å². The summed E-state index contributed by atoms with van der Waals surface area (Å²) in [5, 5.41) is 8.75. The topological polar surface area (TPSA) is 62.4 Å². The van der Waals surface area contributed by atoms with Crippen LogP contribution in [0.5, 0.6) is 0 Å². The zero-order valence-corrected chi connectivity index (χ0v) is 7.70. The fourth-order valence-electron chi connectivity index (χ4n) is 1.33. The maximum Gasteiger partial charge on any atom is 0.409 e. The highest BCUT2D eigenvalue weighted by Crippen LogP contribution is 2.26. The summed E-state index contributed by atoms with van der Waals surface area (Å²) in [6.07, 6.45) is -0.775. The Hall–Kier alpha value is -1.91. The molecule has 1 amide bonds. The predicted octanol–water partition coefficient (Wildman–Crippen LogP) is 1.16. The summed E-state index contributed by atoms with van der Waals surface area (Å²) in [6.45, 7) is 0. The first kappa shape index (κ1) is 8.68. The molecule has 1 aliphatic rings. The van der Waals surface area contributed by atoms with Gasteiger partial charge < -0.3 is 15.4 Å². The van der Waals surface area contributed by atoms with Crippen LogP contribution in [0.25, 0.3) is 0 Å². The molecule has 0 aliphatic carbocycles. The van der Waals surface area contributed by atoms with Gasteiger partial charge in [0.2, 0.25) is 0 Å². The molecule has 0 fully saturated rings. The van der Waals surface area contributed by atoms with Gasteiger partial charge in [-0.3, -0.25) is 5.32 Å². The molecule has 1 aliphatic heterocycles. The van der Waals surface area contributed by atoms with Gasteiger partial charge in [-0.1, -0.05) is 12.1 Å². The number of anilines is 2. The fraction of sp³-hybridized carbons (Fsp3) is 0.222. The van der Waals surface area contributed by atoms with Gasteiger partial charge in [-0.05, 0) is 12.1 Å². The molecule has 1 aromatic carbocycles. The highest BCUT2D eigenvalue weighted by atomic mass is 16.5. The monoisotopic (exact) mass is 193 g/mol. The van der Waals surface area contributed by atoms with Gasteiger partial charge in [-0.2, -0.15) is 0 Å². The summed E-state index contributed by atoms with van der Waals surface area (Å²) in [4.78, 5) is 10.9. The molecule has 0 aromatic heterocycles. The van der Waals surface area contributed by atoms with Crippen LogP contribution >= 0.6 is 0 Å². The van der Waals surface area contributed by atoms with Crippen LogP contribution in [0.15, 0.2) is 24.3 Å². The number of benzene rings is 1. The second-order valence-corrected chi connectivity index (χ2v) is 2.90. The van der Waals surface area contributed by atoms with Gasteiger partial charge >= 0.3 is 6.09 Å². The largest absolute Gasteiger partial charge is 0.453 e. The molecule has 0 spiro atoms. The molecule has 0 saturated carbocycles. The second kappa shape index (κ2) is 3.45. The lowest BCUT2D eigenvalue weighted by atomic mass is 10.3. The third-order valence-electron chi connectivity index (χ3n) is 1.97. The SMILES string of the molecule is COC(=O)NC1Nc2ccccc2N1. The van der Waals surface area contributed by atoms with E-state index in [1.54, 1.807) is 0 Å². The zero-order chi connectivity index (χ0) is 9.97. The third kappa shape index (κ3) is 1.56. The van der Waals surface area contributed by atoms with Crippen molar-refractivity contribution in [3.63, 3.8) is 0 Å². The molecule has 0 bridgehead atoms. The number of rotatable bonds is 1. The van der Waals surface area contributed by atoms with Crippen LogP contribution in [0.4, 0.5) is 16.2 Å². The van der Waals surface area contributed by atoms with Gasteiger partial charge in [-0.25, -0.2) is 4.79 Å². The summed E-state index contributed by atoms with van der Waals surface area (Å²) in [5.41, 5.74) is 1.93. The Morgan fingerprint density at radius 1 is 1.36 bits per heavy atom. The Balaban J connectivity index is 2.01. The van der Waals surface area contributed by atoms with E-state index in [1.165, 1.54) is 7.11 Å². The summed E-state index contributed by atoms with van der Waals surface area (Å²) >= 11 is 0. The van der Waals surface area contributed by atoms with Crippen molar-refractivity contribution in [1.29, 1.82) is 0 Å². The molecule has 1 aromatic rings. The number of fused-ring (bicyclic) bond motifs is 1. The minimum Gasteiger partial charge on any atom is -0.453 e. The number of carbonyl (C=O) groups excluding carboxylic acids is 1. The first-order valence-electron chi connectivity index (χ1n) is 4.26. The number of methoxy groups -OCH3 is 1. The molecule has 0 saturated heterocycles. The van der Waals surface area contributed by atoms with E-state index in [-0.39, 0.29) is 6.29 Å². The predicted molar refractivity (Wildman–Crippen MR) is 53.0 cm³/mol. The Bertz CT molecular complexity index is 329. The number of para-hydroxylation sites is 2. The molecule has 0 unspecified atom stereocenters. The van der Waals surface area contributed by atoms with Crippen LogP contribution in [0.2, 0.25) is 0 Å². The second-order valence-electron chi connectivity index (χ2n) is 2.90. The number of ether oxygens (including phenoxy) is 1. The van der Waals surface area contributed by atoms with Crippen molar-refractivity contribution in [2.45, 2.75) is 6.29 Å². The average Bonchev–Trinajstić information content (AvgIpc) is 2.59. The quantitative estimate of drug-likeness (QED) is 0.626. The molecule has 5 heteroatoms. The van der Waals surface area contributed by atoms with Crippen LogP contribution in [-0.2, 0) is 4.74 Å². The Morgan fingerprint density at radius 3 is 2.43 bits per heavy atom. The van der Waals surface area contributed by atoms with Crippen molar-refractivity contribution < 1.29 is 9.53 Å². The van der Waals surface area contributed by atoms with Crippen molar-refractivity contribution >= 4 is 17.5 Å². The Morgan fingerprint density at radius 2 is 1.93 bits per heavy atom. The number of nitrogens with one attached hydrogen (secondary N) is 3. The van der Waals surface area contributed by atoms with E-state index in [2.05, 4.69) is 20.7 Å². The smallest absolute Gasteiger partial charge is 0.409 e. The number of amides is 1. The van der Waals surface area contributed by atoms with E-state index in [4.69, 9.17) is 0 Å². The molecular weight excluding hydrogens is 182 g/mol. The van der Waals surface area contributed by atoms with Crippen LogP contribution in [0.1, 0.15) is 0 Å². The lowest BCUT2D eigenvalue weighted by Gasteiger charge is -2.12. The summed E-state index contributed by atoms with van der Waals surface area (Å²) in [7, 11) is 1.33. The molecule has 2 rings (SSSR count). The Labute approximate surface area is 81.4 Å². The first-order chi connectivity index (χ1) is 6.79. The number of hydrogen-bond acceptors (Lipinski definition) is 4. The van der Waals surface area contributed by atoms with E-state index < -0.39 is 6.09 Å². The summed E-state index contributed by atoms with van der Waals surface area (Å²) < 4.78 is 4.48. The fourth-order valence-corrected chi connectivity index (χ4v) is 1.33. The molecule has 1 heterocycles. The normalized spacial score (nSPS) is 13.8. The summed E-state index contributed by atoms with van der Waals surface area (Å²) in [6, 6.07) is 7.71. The van der Waals surface area contributed by atoms with Crippen molar-refractivity contribution in [2.24, 2.45) is 0 Å². The summed E-state index contributed by atoms with van der Waals surface area (Å²) in [5.74, 6) is 0.